The quantitative estimate of drug-likeness (QED) is 0.389. The summed E-state index contributed by atoms with van der Waals surface area (Å²) in [6.07, 6.45) is 1.70. The van der Waals surface area contributed by atoms with Crippen LogP contribution in [-0.2, 0) is 0 Å². The third-order valence-electron chi connectivity index (χ3n) is 4.07. The molecule has 0 saturated heterocycles. The second-order valence-electron chi connectivity index (χ2n) is 5.91. The van der Waals surface area contributed by atoms with Crippen LogP contribution < -0.4 is 0 Å². The summed E-state index contributed by atoms with van der Waals surface area (Å²) in [6, 6.07) is 24.4. The van der Waals surface area contributed by atoms with Gasteiger partial charge < -0.3 is 0 Å². The Kier molecular flexibility index (Phi) is 4.72. The maximum atomic E-state index is 13.5. The number of nitrogens with zero attached hydrogens (tertiary/aromatic N) is 3. The van der Waals surface area contributed by atoms with E-state index in [9.17, 15) is 4.39 Å². The molecule has 0 unspecified atom stereocenters. The predicted molar refractivity (Wildman–Crippen MR) is 108 cm³/mol. The normalized spacial score (nSPS) is 11.1. The van der Waals surface area contributed by atoms with E-state index in [0.29, 0.717) is 16.2 Å². The molecule has 4 nitrogen and oxygen atoms in total. The van der Waals surface area contributed by atoms with Gasteiger partial charge in [0.05, 0.1) is 6.21 Å². The SMILES string of the molecule is Fc1cccc(-c2n[nH]c(=S)n2/N=C\c2ccc(-c3ccccc3)cc2)c1. The van der Waals surface area contributed by atoms with Gasteiger partial charge in [-0.3, -0.25) is 0 Å². The van der Waals surface area contributed by atoms with Crippen LogP contribution in [0.5, 0.6) is 0 Å². The van der Waals surface area contributed by atoms with Crippen LogP contribution >= 0.6 is 12.2 Å². The summed E-state index contributed by atoms with van der Waals surface area (Å²) in [5.74, 6) is 0.116. The smallest absolute Gasteiger partial charge is 0.216 e. The minimum Gasteiger partial charge on any atom is -0.250 e. The molecule has 27 heavy (non-hydrogen) atoms. The molecule has 132 valence electrons. The second kappa shape index (κ2) is 7.47. The first kappa shape index (κ1) is 17.1. The highest BCUT2D eigenvalue weighted by atomic mass is 32.1. The highest BCUT2D eigenvalue weighted by Crippen LogP contribution is 2.20. The van der Waals surface area contributed by atoms with E-state index in [1.165, 1.54) is 16.8 Å². The highest BCUT2D eigenvalue weighted by Gasteiger charge is 2.08. The van der Waals surface area contributed by atoms with E-state index in [2.05, 4.69) is 27.4 Å². The van der Waals surface area contributed by atoms with Gasteiger partial charge in [0.1, 0.15) is 5.82 Å². The third-order valence-corrected chi connectivity index (χ3v) is 4.34. The minimum absolute atomic E-state index is 0.339. The Labute approximate surface area is 160 Å². The lowest BCUT2D eigenvalue weighted by Gasteiger charge is -2.03. The van der Waals surface area contributed by atoms with Crippen molar-refractivity contribution in [3.8, 4) is 22.5 Å². The summed E-state index contributed by atoms with van der Waals surface area (Å²) >= 11 is 5.24. The molecule has 0 radical (unpaired) electrons. The summed E-state index contributed by atoms with van der Waals surface area (Å²) in [5.41, 5.74) is 3.81. The molecule has 0 amide bonds. The molecule has 0 bridgehead atoms. The molecule has 3 aromatic carbocycles. The van der Waals surface area contributed by atoms with Crippen molar-refractivity contribution < 1.29 is 4.39 Å². The zero-order valence-electron chi connectivity index (χ0n) is 14.2. The molecule has 1 N–H and O–H groups in total. The molecule has 0 fully saturated rings. The summed E-state index contributed by atoms with van der Waals surface area (Å²) < 4.78 is 15.3. The Morgan fingerprint density at radius 1 is 0.889 bits per heavy atom. The third kappa shape index (κ3) is 3.75. The Morgan fingerprint density at radius 3 is 2.33 bits per heavy atom. The average molecular weight is 374 g/mol. The molecule has 0 atom stereocenters. The van der Waals surface area contributed by atoms with Gasteiger partial charge in [-0.15, -0.1) is 0 Å². The fraction of sp³-hybridized carbons (Fsp3) is 0. The van der Waals surface area contributed by atoms with E-state index in [-0.39, 0.29) is 5.82 Å². The van der Waals surface area contributed by atoms with Crippen LogP contribution in [0.15, 0.2) is 84.0 Å². The lowest BCUT2D eigenvalue weighted by Crippen LogP contribution is -1.95. The van der Waals surface area contributed by atoms with Crippen molar-refractivity contribution in [2.75, 3.05) is 0 Å². The standard InChI is InChI=1S/C21H15FN4S/c22-19-8-4-7-18(13-19)20-24-25-21(27)26(20)23-14-15-9-11-17(12-10-15)16-5-2-1-3-6-16/h1-14H,(H,25,27)/b23-14-. The van der Waals surface area contributed by atoms with E-state index in [1.807, 2.05) is 42.5 Å². The van der Waals surface area contributed by atoms with Crippen molar-refractivity contribution in [2.45, 2.75) is 0 Å². The van der Waals surface area contributed by atoms with Crippen molar-refractivity contribution in [2.24, 2.45) is 5.10 Å². The summed E-state index contributed by atoms with van der Waals surface area (Å²) in [5, 5.41) is 11.3. The van der Waals surface area contributed by atoms with Crippen molar-refractivity contribution in [3.63, 3.8) is 0 Å². The van der Waals surface area contributed by atoms with Gasteiger partial charge in [0.15, 0.2) is 5.82 Å². The number of aromatic amines is 1. The molecule has 4 rings (SSSR count). The first-order valence-corrected chi connectivity index (χ1v) is 8.75. The minimum atomic E-state index is -0.339. The number of hydrogen-bond acceptors (Lipinski definition) is 3. The topological polar surface area (TPSA) is 46.0 Å². The molecule has 4 aromatic rings. The monoisotopic (exact) mass is 374 g/mol. The highest BCUT2D eigenvalue weighted by molar-refractivity contribution is 7.71. The molecular formula is C21H15FN4S. The van der Waals surface area contributed by atoms with Gasteiger partial charge >= 0.3 is 0 Å². The fourth-order valence-corrected chi connectivity index (χ4v) is 2.91. The van der Waals surface area contributed by atoms with E-state index < -0.39 is 0 Å². The Hall–Kier alpha value is -3.38. The van der Waals surface area contributed by atoms with Gasteiger partial charge in [0.2, 0.25) is 4.77 Å². The molecule has 0 aliphatic carbocycles. The van der Waals surface area contributed by atoms with Crippen LogP contribution in [0.3, 0.4) is 0 Å². The van der Waals surface area contributed by atoms with Gasteiger partial charge in [-0.2, -0.15) is 14.9 Å². The second-order valence-corrected chi connectivity index (χ2v) is 6.29. The number of aromatic nitrogens is 3. The van der Waals surface area contributed by atoms with Gasteiger partial charge in [0.25, 0.3) is 0 Å². The average Bonchev–Trinajstić information content (AvgIpc) is 3.08. The largest absolute Gasteiger partial charge is 0.250 e. The number of H-pyrrole nitrogens is 1. The van der Waals surface area contributed by atoms with Crippen molar-refractivity contribution in [1.82, 2.24) is 14.9 Å². The van der Waals surface area contributed by atoms with E-state index in [1.54, 1.807) is 18.3 Å². The molecule has 0 aliphatic rings. The molecule has 0 spiro atoms. The van der Waals surface area contributed by atoms with Gasteiger partial charge in [-0.25, -0.2) is 9.49 Å². The molecule has 1 heterocycles. The fourth-order valence-electron chi connectivity index (χ4n) is 2.73. The van der Waals surface area contributed by atoms with Gasteiger partial charge in [0, 0.05) is 5.56 Å². The number of hydrogen-bond donors (Lipinski definition) is 1. The first-order valence-electron chi connectivity index (χ1n) is 8.34. The molecule has 6 heteroatoms. The summed E-state index contributed by atoms with van der Waals surface area (Å²) in [6.45, 7) is 0. The van der Waals surface area contributed by atoms with Crippen molar-refractivity contribution in [1.29, 1.82) is 0 Å². The Balaban J connectivity index is 1.62. The zero-order chi connectivity index (χ0) is 18.6. The molecule has 1 aromatic heterocycles. The van der Waals surface area contributed by atoms with Crippen LogP contribution in [0.2, 0.25) is 0 Å². The Morgan fingerprint density at radius 2 is 1.59 bits per heavy atom. The summed E-state index contributed by atoms with van der Waals surface area (Å²) in [4.78, 5) is 0. The van der Waals surface area contributed by atoms with Gasteiger partial charge in [-0.05, 0) is 41.0 Å². The number of halogens is 1. The summed E-state index contributed by atoms with van der Waals surface area (Å²) in [7, 11) is 0. The van der Waals surface area contributed by atoms with Crippen LogP contribution in [0.25, 0.3) is 22.5 Å². The molecule has 0 aliphatic heterocycles. The van der Waals surface area contributed by atoms with E-state index >= 15 is 0 Å². The maximum absolute atomic E-state index is 13.5. The van der Waals surface area contributed by atoms with E-state index in [4.69, 9.17) is 12.2 Å². The molecular weight excluding hydrogens is 359 g/mol. The van der Waals surface area contributed by atoms with Crippen LogP contribution in [0.4, 0.5) is 4.39 Å². The predicted octanol–water partition coefficient (Wildman–Crippen LogP) is 5.30. The van der Waals surface area contributed by atoms with Crippen LogP contribution in [0, 0.1) is 10.6 Å². The number of benzene rings is 3. The van der Waals surface area contributed by atoms with Crippen molar-refractivity contribution >= 4 is 18.4 Å². The lowest BCUT2D eigenvalue weighted by molar-refractivity contribution is 0.628. The number of rotatable bonds is 4. The molecule has 0 saturated carbocycles. The Bertz CT molecular complexity index is 1140. The van der Waals surface area contributed by atoms with Gasteiger partial charge in [-0.1, -0.05) is 66.7 Å². The van der Waals surface area contributed by atoms with Crippen LogP contribution in [0.1, 0.15) is 5.56 Å². The van der Waals surface area contributed by atoms with Crippen molar-refractivity contribution in [3.05, 3.63) is 95.0 Å². The number of nitrogens with one attached hydrogen (secondary N) is 1. The van der Waals surface area contributed by atoms with Crippen LogP contribution in [-0.4, -0.2) is 21.1 Å². The zero-order valence-corrected chi connectivity index (χ0v) is 15.0. The maximum Gasteiger partial charge on any atom is 0.216 e. The lowest BCUT2D eigenvalue weighted by atomic mass is 10.0. The first-order chi connectivity index (χ1) is 13.2. The van der Waals surface area contributed by atoms with E-state index in [0.717, 1.165) is 16.7 Å².